The first-order valence-corrected chi connectivity index (χ1v) is 24.2. The molecule has 4 aliphatic rings. The first-order chi connectivity index (χ1) is 31.4. The lowest BCUT2D eigenvalue weighted by molar-refractivity contribution is -0.244. The minimum absolute atomic E-state index is 0.0425. The Bertz CT molecular complexity index is 2480. The van der Waals surface area contributed by atoms with E-state index in [0.717, 1.165) is 11.1 Å². The molecule has 0 bridgehead atoms. The standard InChI is InChI=1S/C48H59F3N6O9S/c1-28(2)64-34-14-12-31(13-15-34)37-23-35(24-38(53-37)32-16-20-52-21-17-32)65-36-25-39-41(58)55-47(43(60)56-67(62,63)46(7)18-19-46)26-33(47)11-9-8-10-29(3)22-30(4)40(42(59)57(39)27-36)54-44(61)66-45(5,6)48(49,50)51/h9,11-17,20-21,23-24,28-30,33,36,39-40H,8,10,18-19,22,25-27H2,1-7H3,(H,54,61)(H,55,58)(H,56,60)/b11-9-/t29-,30-,33-,36-,39+,40+,47-/m1/s1. The fourth-order valence-electron chi connectivity index (χ4n) is 8.60. The van der Waals surface area contributed by atoms with Crippen LogP contribution >= 0.6 is 0 Å². The molecule has 2 aliphatic carbocycles. The van der Waals surface area contributed by atoms with Crippen LogP contribution in [-0.2, 0) is 29.1 Å². The number of carbonyl (C=O) groups is 4. The molecule has 15 nitrogen and oxygen atoms in total. The molecule has 3 fully saturated rings. The number of amides is 4. The topological polar surface area (TPSA) is 195 Å². The SMILES string of the molecule is CC(C)Oc1ccc(-c2cc(O[C@@H]3C[C@H]4C(=O)N[C@]5(C(=O)NS(=O)(=O)C6(C)CC6)C[C@H]5/C=C\CC[C@@H](C)C[C@@H](C)[C@H](NC(=O)OC(C)(C)C(F)(F)F)C(=O)N4C3)cc(-c3ccncc3)n2)cc1. The Morgan fingerprint density at radius 3 is 2.21 bits per heavy atom. The second-order valence-electron chi connectivity index (χ2n) is 19.5. The van der Waals surface area contributed by atoms with Gasteiger partial charge in [0.25, 0.3) is 5.91 Å². The molecular formula is C48H59F3N6O9S. The second-order valence-corrected chi connectivity index (χ2v) is 21.7. The van der Waals surface area contributed by atoms with Gasteiger partial charge in [-0.25, -0.2) is 18.2 Å². The Morgan fingerprint density at radius 2 is 1.60 bits per heavy atom. The summed E-state index contributed by atoms with van der Waals surface area (Å²) in [5.74, 6) is -2.75. The average molecular weight is 953 g/mol. The minimum Gasteiger partial charge on any atom is -0.491 e. The van der Waals surface area contributed by atoms with Crippen molar-refractivity contribution >= 4 is 33.8 Å². The van der Waals surface area contributed by atoms with Gasteiger partial charge in [0.05, 0.1) is 28.8 Å². The monoisotopic (exact) mass is 952 g/mol. The van der Waals surface area contributed by atoms with Crippen LogP contribution in [0.1, 0.15) is 93.4 Å². The van der Waals surface area contributed by atoms with Crippen LogP contribution in [0.3, 0.4) is 0 Å². The number of alkyl halides is 3. The summed E-state index contributed by atoms with van der Waals surface area (Å²) in [5.41, 5.74) is -2.05. The summed E-state index contributed by atoms with van der Waals surface area (Å²) in [5, 5.41) is 5.24. The lowest BCUT2D eigenvalue weighted by Gasteiger charge is -2.34. The number of allylic oxidation sites excluding steroid dienone is 1. The fourth-order valence-corrected chi connectivity index (χ4v) is 9.92. The normalized spacial score (nSPS) is 27.0. The summed E-state index contributed by atoms with van der Waals surface area (Å²) in [6.45, 7) is 10.2. The van der Waals surface area contributed by atoms with Crippen molar-refractivity contribution in [1.82, 2.24) is 30.2 Å². The number of halogens is 3. The first-order valence-electron chi connectivity index (χ1n) is 22.7. The van der Waals surface area contributed by atoms with Gasteiger partial charge in [-0.15, -0.1) is 0 Å². The van der Waals surface area contributed by atoms with E-state index < -0.39 is 85.9 Å². The number of ether oxygens (including phenoxy) is 3. The van der Waals surface area contributed by atoms with Crippen LogP contribution < -0.4 is 24.8 Å². The van der Waals surface area contributed by atoms with Gasteiger partial charge in [-0.3, -0.25) is 24.1 Å². The predicted molar refractivity (Wildman–Crippen MR) is 242 cm³/mol. The van der Waals surface area contributed by atoms with Gasteiger partial charge < -0.3 is 29.7 Å². The Balaban J connectivity index is 1.25. The van der Waals surface area contributed by atoms with Crippen molar-refractivity contribution in [2.75, 3.05) is 6.54 Å². The maximum Gasteiger partial charge on any atom is 0.427 e. The molecule has 2 saturated carbocycles. The molecule has 4 amide bonds. The minimum atomic E-state index is -4.93. The Labute approximate surface area is 389 Å². The quantitative estimate of drug-likeness (QED) is 0.164. The number of nitrogens with zero attached hydrogens (tertiary/aromatic N) is 3. The van der Waals surface area contributed by atoms with E-state index in [1.165, 1.54) is 4.90 Å². The van der Waals surface area contributed by atoms with Crippen LogP contribution in [-0.4, -0.2) is 100 Å². The molecule has 0 unspecified atom stereocenters. The highest BCUT2D eigenvalue weighted by atomic mass is 32.2. The van der Waals surface area contributed by atoms with E-state index >= 15 is 4.79 Å². The van der Waals surface area contributed by atoms with E-state index in [9.17, 15) is 36.0 Å². The summed E-state index contributed by atoms with van der Waals surface area (Å²) >= 11 is 0. The van der Waals surface area contributed by atoms with Gasteiger partial charge >= 0.3 is 12.3 Å². The van der Waals surface area contributed by atoms with Gasteiger partial charge in [-0.05, 0) is 121 Å². The highest BCUT2D eigenvalue weighted by Crippen LogP contribution is 2.48. The van der Waals surface area contributed by atoms with Crippen molar-refractivity contribution in [2.24, 2.45) is 17.8 Å². The molecule has 1 saturated heterocycles. The van der Waals surface area contributed by atoms with Crippen LogP contribution in [0.5, 0.6) is 11.5 Å². The van der Waals surface area contributed by atoms with Crippen molar-refractivity contribution < 1.29 is 55.0 Å². The molecule has 2 aliphatic heterocycles. The molecule has 19 heteroatoms. The van der Waals surface area contributed by atoms with Crippen LogP contribution in [0.25, 0.3) is 22.5 Å². The number of sulfonamides is 1. The highest BCUT2D eigenvalue weighted by Gasteiger charge is 2.63. The number of pyridine rings is 2. The predicted octanol–water partition coefficient (Wildman–Crippen LogP) is 7.27. The van der Waals surface area contributed by atoms with Crippen LogP contribution in [0, 0.1) is 17.8 Å². The second kappa shape index (κ2) is 18.8. The summed E-state index contributed by atoms with van der Waals surface area (Å²) in [6.07, 6.45) is 1.75. The number of rotatable bonds is 11. The van der Waals surface area contributed by atoms with Crippen LogP contribution in [0.4, 0.5) is 18.0 Å². The number of benzene rings is 1. The Hall–Kier alpha value is -5.72. The molecule has 7 atom stereocenters. The van der Waals surface area contributed by atoms with Crippen LogP contribution in [0.2, 0.25) is 0 Å². The van der Waals surface area contributed by atoms with E-state index in [-0.39, 0.29) is 31.4 Å². The highest BCUT2D eigenvalue weighted by molar-refractivity contribution is 7.91. The Kier molecular flexibility index (Phi) is 13.8. The molecule has 3 aromatic rings. The zero-order valence-electron chi connectivity index (χ0n) is 38.7. The number of nitrogens with one attached hydrogen (secondary N) is 3. The van der Waals surface area contributed by atoms with E-state index in [0.29, 0.717) is 68.8 Å². The lowest BCUT2D eigenvalue weighted by atomic mass is 9.88. The van der Waals surface area contributed by atoms with E-state index in [2.05, 4.69) is 20.3 Å². The molecular weight excluding hydrogens is 894 g/mol. The molecule has 0 radical (unpaired) electrons. The third kappa shape index (κ3) is 11.0. The van der Waals surface area contributed by atoms with E-state index in [1.54, 1.807) is 56.6 Å². The summed E-state index contributed by atoms with van der Waals surface area (Å²) in [7, 11) is -4.11. The maximum atomic E-state index is 15.0. The van der Waals surface area contributed by atoms with Crippen molar-refractivity contribution in [3.8, 4) is 34.0 Å². The Morgan fingerprint density at radius 1 is 0.955 bits per heavy atom. The zero-order valence-corrected chi connectivity index (χ0v) is 39.5. The van der Waals surface area contributed by atoms with E-state index in [1.807, 2.05) is 51.1 Å². The van der Waals surface area contributed by atoms with Gasteiger partial charge in [0.15, 0.2) is 0 Å². The number of hydrogen-bond donors (Lipinski definition) is 3. The lowest BCUT2D eigenvalue weighted by Crippen LogP contribution is -2.59. The molecule has 2 aromatic heterocycles. The third-order valence-electron chi connectivity index (χ3n) is 13.2. The molecule has 4 heterocycles. The van der Waals surface area contributed by atoms with Crippen molar-refractivity contribution in [3.05, 3.63) is 73.1 Å². The number of hydrogen-bond acceptors (Lipinski definition) is 11. The molecule has 3 N–H and O–H groups in total. The molecule has 0 spiro atoms. The van der Waals surface area contributed by atoms with Gasteiger partial charge in [0.2, 0.25) is 27.4 Å². The first kappa shape index (κ1) is 49.2. The summed E-state index contributed by atoms with van der Waals surface area (Å²) in [6, 6.07) is 11.5. The van der Waals surface area contributed by atoms with Crippen molar-refractivity contribution in [1.29, 1.82) is 0 Å². The number of carbonyl (C=O) groups excluding carboxylic acids is 4. The van der Waals surface area contributed by atoms with Crippen molar-refractivity contribution in [3.63, 3.8) is 0 Å². The van der Waals surface area contributed by atoms with Crippen molar-refractivity contribution in [2.45, 2.75) is 140 Å². The van der Waals surface area contributed by atoms with E-state index in [4.69, 9.17) is 19.2 Å². The van der Waals surface area contributed by atoms with Gasteiger partial charge in [0.1, 0.15) is 35.2 Å². The van der Waals surface area contributed by atoms with Gasteiger partial charge in [-0.1, -0.05) is 26.0 Å². The molecule has 1 aromatic carbocycles. The summed E-state index contributed by atoms with van der Waals surface area (Å²) in [4.78, 5) is 67.4. The smallest absolute Gasteiger partial charge is 0.427 e. The van der Waals surface area contributed by atoms with Gasteiger partial charge in [-0.2, -0.15) is 13.2 Å². The number of alkyl carbamates (subject to hydrolysis) is 1. The summed E-state index contributed by atoms with van der Waals surface area (Å²) < 4.78 is 86.7. The zero-order chi connectivity index (χ0) is 48.7. The van der Waals surface area contributed by atoms with Gasteiger partial charge in [0, 0.05) is 48.0 Å². The largest absolute Gasteiger partial charge is 0.491 e. The molecule has 362 valence electrons. The average Bonchev–Trinajstić information content (AvgIpc) is 4.14. The van der Waals surface area contributed by atoms with Crippen LogP contribution in [0.15, 0.2) is 73.1 Å². The molecule has 7 rings (SSSR count). The maximum absolute atomic E-state index is 15.0. The molecule has 67 heavy (non-hydrogen) atoms. The fraction of sp³-hybridized carbons (Fsp3) is 0.542. The third-order valence-corrected chi connectivity index (χ3v) is 15.3. The number of aromatic nitrogens is 2. The number of fused-ring (bicyclic) bond motifs is 2.